The summed E-state index contributed by atoms with van der Waals surface area (Å²) >= 11 is 3.61. The molecule has 126 valence electrons. The molecule has 1 saturated carbocycles. The van der Waals surface area contributed by atoms with E-state index in [4.69, 9.17) is 4.74 Å². The van der Waals surface area contributed by atoms with Crippen molar-refractivity contribution in [1.82, 2.24) is 29.4 Å². The highest BCUT2D eigenvalue weighted by molar-refractivity contribution is 9.10. The predicted octanol–water partition coefficient (Wildman–Crippen LogP) is 3.23. The molecule has 7 nitrogen and oxygen atoms in total. The number of benzene rings is 1. The van der Waals surface area contributed by atoms with Gasteiger partial charge < -0.3 is 4.74 Å². The summed E-state index contributed by atoms with van der Waals surface area (Å²) in [6.45, 7) is 1.31. The molecule has 8 heteroatoms. The van der Waals surface area contributed by atoms with Crippen LogP contribution in [0, 0.1) is 5.92 Å². The van der Waals surface area contributed by atoms with Gasteiger partial charge in [-0.2, -0.15) is 0 Å². The molecule has 3 aromatic heterocycles. The van der Waals surface area contributed by atoms with Gasteiger partial charge in [-0.1, -0.05) is 5.21 Å². The number of aromatic nitrogens is 6. The minimum absolute atomic E-state index is 0.365. The van der Waals surface area contributed by atoms with E-state index in [1.807, 2.05) is 39.7 Å². The van der Waals surface area contributed by atoms with Crippen molar-refractivity contribution < 1.29 is 4.74 Å². The highest BCUT2D eigenvalue weighted by atomic mass is 79.9. The van der Waals surface area contributed by atoms with Gasteiger partial charge in [0.25, 0.3) is 0 Å². The van der Waals surface area contributed by atoms with Crippen LogP contribution in [0.25, 0.3) is 16.8 Å². The van der Waals surface area contributed by atoms with Crippen LogP contribution in [0.3, 0.4) is 0 Å². The molecule has 0 bridgehead atoms. The molecule has 0 radical (unpaired) electrons. The van der Waals surface area contributed by atoms with Gasteiger partial charge in [0.05, 0.1) is 15.7 Å². The van der Waals surface area contributed by atoms with E-state index < -0.39 is 0 Å². The van der Waals surface area contributed by atoms with E-state index in [0.29, 0.717) is 12.4 Å². The normalized spacial score (nSPS) is 14.4. The zero-order chi connectivity index (χ0) is 16.8. The lowest BCUT2D eigenvalue weighted by atomic mass is 10.3. The fraction of sp³-hybridized carbons (Fsp3) is 0.294. The Bertz CT molecular complexity index is 1030. The summed E-state index contributed by atoms with van der Waals surface area (Å²) in [5.74, 6) is 2.15. The predicted molar refractivity (Wildman–Crippen MR) is 95.3 cm³/mol. The van der Waals surface area contributed by atoms with Gasteiger partial charge in [0.1, 0.15) is 17.9 Å². The largest absolute Gasteiger partial charge is 0.486 e. The molecule has 0 saturated heterocycles. The first kappa shape index (κ1) is 14.8. The van der Waals surface area contributed by atoms with Gasteiger partial charge >= 0.3 is 0 Å². The molecule has 0 unspecified atom stereocenters. The van der Waals surface area contributed by atoms with E-state index in [0.717, 1.165) is 39.4 Å². The van der Waals surface area contributed by atoms with Crippen LogP contribution < -0.4 is 4.74 Å². The fourth-order valence-corrected chi connectivity index (χ4v) is 3.41. The lowest BCUT2D eigenvalue weighted by molar-refractivity contribution is 0.300. The van der Waals surface area contributed by atoms with Crippen LogP contribution in [0.5, 0.6) is 5.75 Å². The number of hydrogen-bond acceptors (Lipinski definition) is 5. The molecule has 1 aliphatic carbocycles. The summed E-state index contributed by atoms with van der Waals surface area (Å²) in [4.78, 5) is 8.66. The van der Waals surface area contributed by atoms with Crippen molar-refractivity contribution in [1.29, 1.82) is 0 Å². The third-order valence-corrected chi connectivity index (χ3v) is 5.15. The smallest absolute Gasteiger partial charge is 0.234 e. The molecule has 0 atom stereocenters. The van der Waals surface area contributed by atoms with Crippen molar-refractivity contribution in [2.75, 3.05) is 0 Å². The minimum Gasteiger partial charge on any atom is -0.486 e. The Kier molecular flexibility index (Phi) is 3.44. The van der Waals surface area contributed by atoms with Crippen LogP contribution in [0.4, 0.5) is 0 Å². The SMILES string of the molecule is Brc1c(OCc2cn3cccnc3n2)ccc2c1nnn2CC1CC1. The maximum absolute atomic E-state index is 5.94. The van der Waals surface area contributed by atoms with Gasteiger partial charge in [-0.3, -0.25) is 4.40 Å². The standard InChI is InChI=1S/C17H15BrN6O/c18-15-14(25-10-12-9-23-7-1-6-19-17(23)20-12)5-4-13-16(15)21-22-24(13)8-11-2-3-11/h1,4-7,9,11H,2-3,8,10H2. The highest BCUT2D eigenvalue weighted by Gasteiger charge is 2.23. The average Bonchev–Trinajstić information content (AvgIpc) is 3.19. The Morgan fingerprint density at radius 1 is 1.28 bits per heavy atom. The monoisotopic (exact) mass is 398 g/mol. The van der Waals surface area contributed by atoms with Gasteiger partial charge in [0, 0.05) is 25.1 Å². The molecule has 1 fully saturated rings. The van der Waals surface area contributed by atoms with Crippen LogP contribution in [0.2, 0.25) is 0 Å². The fourth-order valence-electron chi connectivity index (χ4n) is 2.88. The minimum atomic E-state index is 0.365. The van der Waals surface area contributed by atoms with Crippen LogP contribution in [-0.2, 0) is 13.2 Å². The first-order valence-electron chi connectivity index (χ1n) is 8.21. The maximum Gasteiger partial charge on any atom is 0.234 e. The van der Waals surface area contributed by atoms with E-state index in [1.165, 1.54) is 12.8 Å². The average molecular weight is 399 g/mol. The number of ether oxygens (including phenoxy) is 1. The van der Waals surface area contributed by atoms with Crippen molar-refractivity contribution in [3.8, 4) is 5.75 Å². The van der Waals surface area contributed by atoms with E-state index in [9.17, 15) is 0 Å². The molecule has 0 amide bonds. The lowest BCUT2D eigenvalue weighted by Crippen LogP contribution is -2.01. The Labute approximate surface area is 151 Å². The molecule has 0 spiro atoms. The molecule has 1 aliphatic rings. The lowest BCUT2D eigenvalue weighted by Gasteiger charge is -2.07. The third kappa shape index (κ3) is 2.76. The first-order valence-corrected chi connectivity index (χ1v) is 9.00. The van der Waals surface area contributed by atoms with Crippen molar-refractivity contribution in [3.05, 3.63) is 47.0 Å². The Morgan fingerprint density at radius 2 is 2.20 bits per heavy atom. The van der Waals surface area contributed by atoms with Gasteiger partial charge in [0.2, 0.25) is 5.78 Å². The van der Waals surface area contributed by atoms with Crippen LogP contribution >= 0.6 is 15.9 Å². The Morgan fingerprint density at radius 3 is 3.04 bits per heavy atom. The zero-order valence-electron chi connectivity index (χ0n) is 13.3. The molecule has 0 N–H and O–H groups in total. The number of hydrogen-bond donors (Lipinski definition) is 0. The number of halogens is 1. The number of imidazole rings is 1. The van der Waals surface area contributed by atoms with Crippen LogP contribution in [0.1, 0.15) is 18.5 Å². The summed E-state index contributed by atoms with van der Waals surface area (Å²) in [6.07, 6.45) is 8.14. The highest BCUT2D eigenvalue weighted by Crippen LogP contribution is 2.35. The van der Waals surface area contributed by atoms with Gasteiger partial charge in [0.15, 0.2) is 0 Å². The van der Waals surface area contributed by atoms with E-state index in [-0.39, 0.29) is 0 Å². The quantitative estimate of drug-likeness (QED) is 0.516. The second kappa shape index (κ2) is 5.80. The van der Waals surface area contributed by atoms with Gasteiger partial charge in [-0.05, 0) is 52.9 Å². The summed E-state index contributed by atoms with van der Waals surface area (Å²) in [6, 6.07) is 5.84. The van der Waals surface area contributed by atoms with Crippen molar-refractivity contribution in [3.63, 3.8) is 0 Å². The van der Waals surface area contributed by atoms with Crippen molar-refractivity contribution >= 4 is 32.7 Å². The topological polar surface area (TPSA) is 70.1 Å². The molecular weight excluding hydrogens is 384 g/mol. The van der Waals surface area contributed by atoms with E-state index >= 15 is 0 Å². The molecule has 1 aromatic carbocycles. The summed E-state index contributed by atoms with van der Waals surface area (Å²) in [7, 11) is 0. The van der Waals surface area contributed by atoms with Crippen molar-refractivity contribution in [2.45, 2.75) is 26.0 Å². The third-order valence-electron chi connectivity index (χ3n) is 4.38. The number of rotatable bonds is 5. The first-order chi connectivity index (χ1) is 12.3. The number of fused-ring (bicyclic) bond motifs is 2. The van der Waals surface area contributed by atoms with Gasteiger partial charge in [-0.25, -0.2) is 14.6 Å². The summed E-state index contributed by atoms with van der Waals surface area (Å²) in [5, 5.41) is 8.59. The van der Waals surface area contributed by atoms with Crippen molar-refractivity contribution in [2.24, 2.45) is 5.92 Å². The van der Waals surface area contributed by atoms with Crippen LogP contribution in [0.15, 0.2) is 41.3 Å². The molecule has 5 rings (SSSR count). The van der Waals surface area contributed by atoms with E-state index in [2.05, 4.69) is 36.2 Å². The molecule has 3 heterocycles. The number of nitrogens with zero attached hydrogens (tertiary/aromatic N) is 6. The Hall–Kier alpha value is -2.48. The molecule has 0 aliphatic heterocycles. The molecule has 25 heavy (non-hydrogen) atoms. The Balaban J connectivity index is 1.39. The second-order valence-electron chi connectivity index (χ2n) is 6.31. The van der Waals surface area contributed by atoms with Crippen LogP contribution in [-0.4, -0.2) is 29.4 Å². The maximum atomic E-state index is 5.94. The van der Waals surface area contributed by atoms with E-state index in [1.54, 1.807) is 6.20 Å². The second-order valence-corrected chi connectivity index (χ2v) is 7.10. The summed E-state index contributed by atoms with van der Waals surface area (Å²) in [5.41, 5.74) is 2.68. The summed E-state index contributed by atoms with van der Waals surface area (Å²) < 4.78 is 10.6. The molecular formula is C17H15BrN6O. The zero-order valence-corrected chi connectivity index (χ0v) is 14.9. The van der Waals surface area contributed by atoms with Gasteiger partial charge in [-0.15, -0.1) is 5.10 Å². The molecule has 4 aromatic rings.